The number of nitrogens with one attached hydrogen (secondary N) is 3. The molecule has 0 aromatic heterocycles. The van der Waals surface area contributed by atoms with Crippen LogP contribution in [0.2, 0.25) is 0 Å². The van der Waals surface area contributed by atoms with Gasteiger partial charge in [0.1, 0.15) is 0 Å². The summed E-state index contributed by atoms with van der Waals surface area (Å²) < 4.78 is 54.0. The number of hydrogen-bond donors (Lipinski definition) is 3. The van der Waals surface area contributed by atoms with Crippen molar-refractivity contribution < 1.29 is 16.8 Å². The molecule has 9 heteroatoms. The van der Waals surface area contributed by atoms with Crippen LogP contribution in [0.4, 0.5) is 0 Å². The van der Waals surface area contributed by atoms with Crippen LogP contribution >= 0.6 is 0 Å². The Hall–Kier alpha value is -1.00. The molecular weight excluding hydrogens is 338 g/mol. The van der Waals surface area contributed by atoms with Crippen LogP contribution in [0.5, 0.6) is 0 Å². The third kappa shape index (κ3) is 5.25. The molecule has 1 fully saturated rings. The third-order valence-electron chi connectivity index (χ3n) is 3.46. The highest BCUT2D eigenvalue weighted by molar-refractivity contribution is 7.90. The van der Waals surface area contributed by atoms with E-state index in [1.54, 1.807) is 0 Å². The van der Waals surface area contributed by atoms with Crippen molar-refractivity contribution in [3.63, 3.8) is 0 Å². The van der Waals surface area contributed by atoms with Crippen LogP contribution < -0.4 is 14.8 Å². The molecule has 1 saturated carbocycles. The van der Waals surface area contributed by atoms with Crippen LogP contribution in [0, 0.1) is 0 Å². The highest BCUT2D eigenvalue weighted by atomic mass is 32.2. The quantitative estimate of drug-likeness (QED) is 0.591. The SMILES string of the molecule is CCN[C@H](C)CNS(=O)(=O)c1cccc(S(=O)(=O)NC2CC2)c1. The fraction of sp³-hybridized carbons (Fsp3) is 0.571. The van der Waals surface area contributed by atoms with Crippen molar-refractivity contribution >= 4 is 20.0 Å². The molecule has 0 unspecified atom stereocenters. The Balaban J connectivity index is 2.14. The largest absolute Gasteiger partial charge is 0.313 e. The van der Waals surface area contributed by atoms with Crippen molar-refractivity contribution in [2.45, 2.75) is 48.6 Å². The molecule has 1 aliphatic carbocycles. The maximum absolute atomic E-state index is 12.3. The molecule has 7 nitrogen and oxygen atoms in total. The summed E-state index contributed by atoms with van der Waals surface area (Å²) in [7, 11) is -7.43. The van der Waals surface area contributed by atoms with E-state index in [1.165, 1.54) is 24.3 Å². The summed E-state index contributed by atoms with van der Waals surface area (Å²) >= 11 is 0. The number of rotatable bonds is 9. The summed E-state index contributed by atoms with van der Waals surface area (Å²) in [5, 5.41) is 3.10. The molecule has 0 heterocycles. The topological polar surface area (TPSA) is 104 Å². The van der Waals surface area contributed by atoms with E-state index in [-0.39, 0.29) is 28.4 Å². The minimum atomic E-state index is -3.75. The van der Waals surface area contributed by atoms with Crippen molar-refractivity contribution in [1.82, 2.24) is 14.8 Å². The van der Waals surface area contributed by atoms with Crippen molar-refractivity contribution in [3.05, 3.63) is 24.3 Å². The van der Waals surface area contributed by atoms with Gasteiger partial charge in [0.25, 0.3) is 0 Å². The average Bonchev–Trinajstić information content (AvgIpc) is 3.29. The molecule has 0 bridgehead atoms. The van der Waals surface area contributed by atoms with Crippen LogP contribution in [0.1, 0.15) is 26.7 Å². The van der Waals surface area contributed by atoms with Gasteiger partial charge in [-0.3, -0.25) is 0 Å². The van der Waals surface area contributed by atoms with E-state index in [0.717, 1.165) is 19.4 Å². The first-order chi connectivity index (χ1) is 10.7. The molecule has 2 rings (SSSR count). The second kappa shape index (κ2) is 7.27. The minimum Gasteiger partial charge on any atom is -0.313 e. The van der Waals surface area contributed by atoms with E-state index in [0.29, 0.717) is 0 Å². The third-order valence-corrected chi connectivity index (χ3v) is 6.40. The van der Waals surface area contributed by atoms with Gasteiger partial charge in [0, 0.05) is 18.6 Å². The van der Waals surface area contributed by atoms with E-state index in [9.17, 15) is 16.8 Å². The average molecular weight is 361 g/mol. The Labute approximate surface area is 138 Å². The van der Waals surface area contributed by atoms with Crippen molar-refractivity contribution in [3.8, 4) is 0 Å². The molecule has 1 atom stereocenters. The summed E-state index contributed by atoms with van der Waals surface area (Å²) in [4.78, 5) is -0.0909. The first-order valence-electron chi connectivity index (χ1n) is 7.60. The monoisotopic (exact) mass is 361 g/mol. The van der Waals surface area contributed by atoms with Gasteiger partial charge in [-0.1, -0.05) is 13.0 Å². The second-order valence-corrected chi connectivity index (χ2v) is 9.16. The lowest BCUT2D eigenvalue weighted by Crippen LogP contribution is -2.38. The van der Waals surface area contributed by atoms with Crippen LogP contribution in [0.15, 0.2) is 34.1 Å². The molecule has 23 heavy (non-hydrogen) atoms. The molecule has 0 aliphatic heterocycles. The molecule has 3 N–H and O–H groups in total. The summed E-state index contributed by atoms with van der Waals surface area (Å²) in [6.07, 6.45) is 1.64. The summed E-state index contributed by atoms with van der Waals surface area (Å²) in [6.45, 7) is 4.77. The van der Waals surface area contributed by atoms with Gasteiger partial charge in [0.2, 0.25) is 20.0 Å². The van der Waals surface area contributed by atoms with Gasteiger partial charge in [-0.15, -0.1) is 0 Å². The summed E-state index contributed by atoms with van der Waals surface area (Å²) in [5.41, 5.74) is 0. The summed E-state index contributed by atoms with van der Waals surface area (Å²) in [6, 6.07) is 5.36. The highest BCUT2D eigenvalue weighted by Gasteiger charge is 2.28. The van der Waals surface area contributed by atoms with E-state index in [4.69, 9.17) is 0 Å². The second-order valence-electron chi connectivity index (χ2n) is 5.68. The molecule has 0 saturated heterocycles. The molecular formula is C14H23N3O4S2. The van der Waals surface area contributed by atoms with Crippen LogP contribution in [0.3, 0.4) is 0 Å². The first-order valence-corrected chi connectivity index (χ1v) is 10.6. The van der Waals surface area contributed by atoms with Crippen molar-refractivity contribution in [2.24, 2.45) is 0 Å². The van der Waals surface area contributed by atoms with Gasteiger partial charge in [-0.05, 0) is 44.5 Å². The fourth-order valence-electron chi connectivity index (χ4n) is 2.04. The molecule has 1 aromatic carbocycles. The van der Waals surface area contributed by atoms with E-state index in [2.05, 4.69) is 14.8 Å². The normalized spacial score (nSPS) is 17.1. The van der Waals surface area contributed by atoms with Crippen molar-refractivity contribution in [1.29, 1.82) is 0 Å². The molecule has 0 amide bonds. The smallest absolute Gasteiger partial charge is 0.240 e. The van der Waals surface area contributed by atoms with Gasteiger partial charge in [-0.2, -0.15) is 0 Å². The molecule has 130 valence electrons. The summed E-state index contributed by atoms with van der Waals surface area (Å²) in [5.74, 6) is 0. The molecule has 0 spiro atoms. The van der Waals surface area contributed by atoms with Crippen molar-refractivity contribution in [2.75, 3.05) is 13.1 Å². The lowest BCUT2D eigenvalue weighted by Gasteiger charge is -2.14. The standard InChI is InChI=1S/C14H23N3O4S2/c1-3-15-11(2)10-16-22(18,19)13-5-4-6-14(9-13)23(20,21)17-12-7-8-12/h4-6,9,11-12,15-17H,3,7-8,10H2,1-2H3/t11-/m1/s1. The maximum atomic E-state index is 12.3. The lowest BCUT2D eigenvalue weighted by atomic mass is 10.3. The van der Waals surface area contributed by atoms with Crippen LogP contribution in [-0.2, 0) is 20.0 Å². The lowest BCUT2D eigenvalue weighted by molar-refractivity contribution is 0.536. The molecule has 0 radical (unpaired) electrons. The first kappa shape index (κ1) is 18.3. The van der Waals surface area contributed by atoms with E-state index >= 15 is 0 Å². The zero-order chi connectivity index (χ0) is 17.1. The van der Waals surface area contributed by atoms with Gasteiger partial charge >= 0.3 is 0 Å². The number of sulfonamides is 2. The highest BCUT2D eigenvalue weighted by Crippen LogP contribution is 2.23. The van der Waals surface area contributed by atoms with Crippen LogP contribution in [-0.4, -0.2) is 42.0 Å². The number of benzene rings is 1. The van der Waals surface area contributed by atoms with Gasteiger partial charge in [0.15, 0.2) is 0 Å². The van der Waals surface area contributed by atoms with Gasteiger partial charge < -0.3 is 5.32 Å². The van der Waals surface area contributed by atoms with E-state index in [1.807, 2.05) is 13.8 Å². The molecule has 1 aliphatic rings. The van der Waals surface area contributed by atoms with Gasteiger partial charge in [0.05, 0.1) is 9.79 Å². The number of hydrogen-bond acceptors (Lipinski definition) is 5. The molecule has 1 aromatic rings. The Morgan fingerprint density at radius 2 is 1.74 bits per heavy atom. The number of likely N-dealkylation sites (N-methyl/N-ethyl adjacent to an activating group) is 1. The van der Waals surface area contributed by atoms with Crippen LogP contribution in [0.25, 0.3) is 0 Å². The Bertz CT molecular complexity index is 743. The zero-order valence-corrected chi connectivity index (χ0v) is 14.9. The Morgan fingerprint density at radius 3 is 2.30 bits per heavy atom. The maximum Gasteiger partial charge on any atom is 0.240 e. The Kier molecular flexibility index (Phi) is 5.79. The fourth-order valence-corrected chi connectivity index (χ4v) is 4.64. The minimum absolute atomic E-state index is 0.0155. The van der Waals surface area contributed by atoms with Gasteiger partial charge in [-0.25, -0.2) is 26.3 Å². The zero-order valence-electron chi connectivity index (χ0n) is 13.2. The predicted octanol–water partition coefficient (Wildman–Crippen LogP) is 0.404. The van der Waals surface area contributed by atoms with E-state index < -0.39 is 20.0 Å². The predicted molar refractivity (Wildman–Crippen MR) is 88.1 cm³/mol. The Morgan fingerprint density at radius 1 is 1.13 bits per heavy atom.